The predicted octanol–water partition coefficient (Wildman–Crippen LogP) is 0.0110. The molecule has 1 amide bonds. The van der Waals surface area contributed by atoms with E-state index in [1.165, 1.54) is 6.20 Å². The van der Waals surface area contributed by atoms with Crippen molar-refractivity contribution in [3.63, 3.8) is 0 Å². The van der Waals surface area contributed by atoms with Crippen LogP contribution in [0.15, 0.2) is 12.4 Å². The van der Waals surface area contributed by atoms with Crippen LogP contribution in [0.3, 0.4) is 0 Å². The van der Waals surface area contributed by atoms with Gasteiger partial charge in [0.05, 0.1) is 31.2 Å². The molecule has 6 heteroatoms. The van der Waals surface area contributed by atoms with E-state index in [-0.39, 0.29) is 6.09 Å². The first kappa shape index (κ1) is 8.74. The van der Waals surface area contributed by atoms with E-state index in [0.717, 1.165) is 0 Å². The minimum Gasteiger partial charge on any atom is -0.448 e. The number of hydrogen-bond donors (Lipinski definition) is 1. The fourth-order valence-corrected chi connectivity index (χ4v) is 1.21. The van der Waals surface area contributed by atoms with Crippen molar-refractivity contribution in [3.8, 4) is 0 Å². The van der Waals surface area contributed by atoms with E-state index in [2.05, 4.69) is 9.97 Å². The molecule has 0 radical (unpaired) electrons. The molecule has 0 spiro atoms. The van der Waals surface area contributed by atoms with Gasteiger partial charge in [-0.2, -0.15) is 0 Å². The normalized spacial score (nSPS) is 15.7. The first-order valence-corrected chi connectivity index (χ1v) is 4.24. The van der Waals surface area contributed by atoms with Crippen LogP contribution in [0.1, 0.15) is 5.69 Å². The number of carbonyl (C=O) groups is 1. The number of cyclic esters (lactones) is 1. The van der Waals surface area contributed by atoms with Crippen molar-refractivity contribution < 1.29 is 9.53 Å². The van der Waals surface area contributed by atoms with Crippen molar-refractivity contribution in [2.75, 3.05) is 18.9 Å². The summed E-state index contributed by atoms with van der Waals surface area (Å²) in [6, 6.07) is 0. The Hall–Kier alpha value is -1.85. The SMILES string of the molecule is Nc1cnc(CN2CCOC2=O)cn1. The van der Waals surface area contributed by atoms with Crippen molar-refractivity contribution in [3.05, 3.63) is 18.1 Å². The summed E-state index contributed by atoms with van der Waals surface area (Å²) in [6.45, 7) is 1.47. The molecule has 2 heterocycles. The molecule has 1 aromatic heterocycles. The zero-order valence-electron chi connectivity index (χ0n) is 7.51. The number of nitrogens with zero attached hydrogens (tertiary/aromatic N) is 3. The van der Waals surface area contributed by atoms with Gasteiger partial charge in [0.2, 0.25) is 0 Å². The van der Waals surface area contributed by atoms with E-state index in [1.807, 2.05) is 0 Å². The Labute approximate surface area is 80.7 Å². The highest BCUT2D eigenvalue weighted by molar-refractivity contribution is 5.69. The molecule has 6 nitrogen and oxygen atoms in total. The molecule has 0 atom stereocenters. The minimum absolute atomic E-state index is 0.302. The molecule has 2 N–H and O–H groups in total. The Morgan fingerprint density at radius 3 is 2.93 bits per heavy atom. The Morgan fingerprint density at radius 2 is 2.36 bits per heavy atom. The minimum atomic E-state index is -0.302. The van der Waals surface area contributed by atoms with Crippen molar-refractivity contribution in [1.29, 1.82) is 0 Å². The predicted molar refractivity (Wildman–Crippen MR) is 48.2 cm³/mol. The Kier molecular flexibility index (Phi) is 2.18. The van der Waals surface area contributed by atoms with E-state index in [4.69, 9.17) is 10.5 Å². The summed E-state index contributed by atoms with van der Waals surface area (Å²) in [4.78, 5) is 20.6. The maximum absolute atomic E-state index is 11.1. The van der Waals surface area contributed by atoms with Gasteiger partial charge in [-0.1, -0.05) is 0 Å². The maximum atomic E-state index is 11.1. The monoisotopic (exact) mass is 194 g/mol. The van der Waals surface area contributed by atoms with Crippen LogP contribution in [0.5, 0.6) is 0 Å². The van der Waals surface area contributed by atoms with Crippen LogP contribution in [0.25, 0.3) is 0 Å². The fraction of sp³-hybridized carbons (Fsp3) is 0.375. The lowest BCUT2D eigenvalue weighted by Crippen LogP contribution is -2.24. The molecule has 1 aliphatic heterocycles. The lowest BCUT2D eigenvalue weighted by Gasteiger charge is -2.10. The van der Waals surface area contributed by atoms with Crippen molar-refractivity contribution in [2.24, 2.45) is 0 Å². The van der Waals surface area contributed by atoms with Crippen molar-refractivity contribution in [1.82, 2.24) is 14.9 Å². The molecular formula is C8H10N4O2. The van der Waals surface area contributed by atoms with E-state index in [0.29, 0.717) is 31.2 Å². The van der Waals surface area contributed by atoms with Gasteiger partial charge in [0.25, 0.3) is 0 Å². The number of carbonyl (C=O) groups excluding carboxylic acids is 1. The highest BCUT2D eigenvalue weighted by Crippen LogP contribution is 2.08. The van der Waals surface area contributed by atoms with Gasteiger partial charge < -0.3 is 10.5 Å². The Morgan fingerprint density at radius 1 is 1.50 bits per heavy atom. The lowest BCUT2D eigenvalue weighted by atomic mass is 10.4. The Balaban J connectivity index is 2.03. The highest BCUT2D eigenvalue weighted by atomic mass is 16.6. The summed E-state index contributed by atoms with van der Waals surface area (Å²) in [7, 11) is 0. The molecule has 74 valence electrons. The molecule has 0 bridgehead atoms. The molecule has 1 aromatic rings. The summed E-state index contributed by atoms with van der Waals surface area (Å²) in [5.74, 6) is 0.373. The summed E-state index contributed by atoms with van der Waals surface area (Å²) in [5.41, 5.74) is 6.09. The van der Waals surface area contributed by atoms with Gasteiger partial charge in [-0.3, -0.25) is 9.88 Å². The van der Waals surface area contributed by atoms with Crippen LogP contribution in [-0.2, 0) is 11.3 Å². The second-order valence-electron chi connectivity index (χ2n) is 2.97. The number of amides is 1. The molecule has 1 fully saturated rings. The van der Waals surface area contributed by atoms with Gasteiger partial charge in [0.15, 0.2) is 0 Å². The van der Waals surface area contributed by atoms with Gasteiger partial charge in [-0.25, -0.2) is 9.78 Å². The van der Waals surface area contributed by atoms with E-state index >= 15 is 0 Å². The number of hydrogen-bond acceptors (Lipinski definition) is 5. The quantitative estimate of drug-likeness (QED) is 0.717. The van der Waals surface area contributed by atoms with Crippen LogP contribution in [-0.4, -0.2) is 34.1 Å². The molecule has 1 aliphatic rings. The van der Waals surface area contributed by atoms with Gasteiger partial charge in [-0.05, 0) is 0 Å². The number of aromatic nitrogens is 2. The second kappa shape index (κ2) is 3.49. The van der Waals surface area contributed by atoms with E-state index < -0.39 is 0 Å². The third kappa shape index (κ3) is 1.73. The number of rotatable bonds is 2. The lowest BCUT2D eigenvalue weighted by molar-refractivity contribution is 0.157. The average Bonchev–Trinajstić information content (AvgIpc) is 2.56. The van der Waals surface area contributed by atoms with E-state index in [9.17, 15) is 4.79 Å². The van der Waals surface area contributed by atoms with Crippen LogP contribution < -0.4 is 5.73 Å². The molecule has 0 unspecified atom stereocenters. The highest BCUT2D eigenvalue weighted by Gasteiger charge is 2.22. The summed E-state index contributed by atoms with van der Waals surface area (Å²) in [5, 5.41) is 0. The summed E-state index contributed by atoms with van der Waals surface area (Å²) >= 11 is 0. The van der Waals surface area contributed by atoms with Crippen LogP contribution >= 0.6 is 0 Å². The molecule has 2 rings (SSSR count). The van der Waals surface area contributed by atoms with Crippen molar-refractivity contribution in [2.45, 2.75) is 6.54 Å². The average molecular weight is 194 g/mol. The Bertz CT molecular complexity index is 338. The topological polar surface area (TPSA) is 81.3 Å². The van der Waals surface area contributed by atoms with Gasteiger partial charge in [0, 0.05) is 0 Å². The third-order valence-corrected chi connectivity index (χ3v) is 1.92. The number of anilines is 1. The maximum Gasteiger partial charge on any atom is 0.410 e. The van der Waals surface area contributed by atoms with Gasteiger partial charge in [0.1, 0.15) is 12.4 Å². The summed E-state index contributed by atoms with van der Waals surface area (Å²) in [6.07, 6.45) is 2.72. The number of ether oxygens (including phenoxy) is 1. The van der Waals surface area contributed by atoms with Crippen LogP contribution in [0.4, 0.5) is 10.6 Å². The third-order valence-electron chi connectivity index (χ3n) is 1.92. The molecule has 0 aliphatic carbocycles. The molecule has 0 aromatic carbocycles. The van der Waals surface area contributed by atoms with Crippen LogP contribution in [0.2, 0.25) is 0 Å². The number of nitrogen functional groups attached to an aromatic ring is 1. The number of nitrogens with two attached hydrogens (primary N) is 1. The first-order chi connectivity index (χ1) is 6.75. The standard InChI is InChI=1S/C8H10N4O2/c9-7-4-10-6(3-11-7)5-12-1-2-14-8(12)13/h3-4H,1-2,5H2,(H2,9,11). The second-order valence-corrected chi connectivity index (χ2v) is 2.97. The molecule has 0 saturated carbocycles. The smallest absolute Gasteiger partial charge is 0.410 e. The largest absolute Gasteiger partial charge is 0.448 e. The first-order valence-electron chi connectivity index (χ1n) is 4.24. The van der Waals surface area contributed by atoms with E-state index in [1.54, 1.807) is 11.1 Å². The molecule has 14 heavy (non-hydrogen) atoms. The van der Waals surface area contributed by atoms with Gasteiger partial charge >= 0.3 is 6.09 Å². The molecule has 1 saturated heterocycles. The van der Waals surface area contributed by atoms with Gasteiger partial charge in [-0.15, -0.1) is 0 Å². The summed E-state index contributed by atoms with van der Waals surface area (Å²) < 4.78 is 4.78. The van der Waals surface area contributed by atoms with Crippen LogP contribution in [0, 0.1) is 0 Å². The molecular weight excluding hydrogens is 184 g/mol. The zero-order valence-corrected chi connectivity index (χ0v) is 7.51. The fourth-order valence-electron chi connectivity index (χ4n) is 1.21. The van der Waals surface area contributed by atoms with Crippen molar-refractivity contribution >= 4 is 11.9 Å². The zero-order chi connectivity index (χ0) is 9.97.